The van der Waals surface area contributed by atoms with Gasteiger partial charge in [-0.3, -0.25) is 20.1 Å². The number of nitrogens with zero attached hydrogens (tertiary/aromatic N) is 5. The van der Waals surface area contributed by atoms with Gasteiger partial charge < -0.3 is 10.3 Å². The van der Waals surface area contributed by atoms with E-state index in [9.17, 15) is 0 Å². The van der Waals surface area contributed by atoms with Gasteiger partial charge in [-0.05, 0) is 36.8 Å². The lowest BCUT2D eigenvalue weighted by atomic mass is 10.1. The molecule has 0 aliphatic carbocycles. The average Bonchev–Trinajstić information content (AvgIpc) is 3.53. The van der Waals surface area contributed by atoms with E-state index in [4.69, 9.17) is 0 Å². The Labute approximate surface area is 207 Å². The molecule has 6 aromatic rings. The zero-order valence-corrected chi connectivity index (χ0v) is 19.8. The van der Waals surface area contributed by atoms with Crippen molar-refractivity contribution in [1.29, 1.82) is 0 Å². The second-order valence-electron chi connectivity index (χ2n) is 8.68. The monoisotopic (exact) mass is 472 g/mol. The van der Waals surface area contributed by atoms with E-state index in [-0.39, 0.29) is 0 Å². The summed E-state index contributed by atoms with van der Waals surface area (Å²) in [5, 5.41) is 12.9. The number of anilines is 1. The number of hydrogen-bond donors (Lipinski definition) is 3. The fourth-order valence-corrected chi connectivity index (χ4v) is 4.41. The van der Waals surface area contributed by atoms with E-state index in [1.54, 1.807) is 12.4 Å². The predicted molar refractivity (Wildman–Crippen MR) is 143 cm³/mol. The second kappa shape index (κ2) is 9.07. The average molecular weight is 473 g/mol. The number of H-pyrrole nitrogens is 2. The van der Waals surface area contributed by atoms with Gasteiger partial charge >= 0.3 is 0 Å². The van der Waals surface area contributed by atoms with Crippen LogP contribution in [0.25, 0.3) is 55.7 Å². The van der Waals surface area contributed by atoms with Crippen LogP contribution in [-0.2, 0) is 0 Å². The van der Waals surface area contributed by atoms with Crippen LogP contribution in [0.4, 0.5) is 5.69 Å². The first kappa shape index (κ1) is 21.7. The molecule has 3 N–H and O–H groups in total. The lowest BCUT2D eigenvalue weighted by Gasteiger charge is -2.09. The zero-order valence-electron chi connectivity index (χ0n) is 19.8. The third-order valence-electron chi connectivity index (χ3n) is 6.11. The zero-order chi connectivity index (χ0) is 24.5. The molecule has 0 aliphatic heterocycles. The fraction of sp³-hybridized carbons (Fsp3) is 0.107. The van der Waals surface area contributed by atoms with Crippen LogP contribution in [-0.4, -0.2) is 35.1 Å². The molecule has 36 heavy (non-hydrogen) atoms. The molecule has 0 aromatic carbocycles. The Bertz CT molecular complexity index is 1700. The summed E-state index contributed by atoms with van der Waals surface area (Å²) in [6.45, 7) is 6.22. The maximum Gasteiger partial charge on any atom is 0.181 e. The number of pyridine rings is 4. The van der Waals surface area contributed by atoms with Gasteiger partial charge in [0.25, 0.3) is 0 Å². The van der Waals surface area contributed by atoms with Gasteiger partial charge in [-0.1, -0.05) is 26.0 Å². The minimum absolute atomic E-state index is 0.647. The summed E-state index contributed by atoms with van der Waals surface area (Å²) >= 11 is 0. The number of hydrogen-bond acceptors (Lipinski definition) is 6. The van der Waals surface area contributed by atoms with Crippen molar-refractivity contribution in [3.63, 3.8) is 0 Å². The van der Waals surface area contributed by atoms with Crippen LogP contribution < -0.4 is 5.32 Å². The molecule has 0 atom stereocenters. The summed E-state index contributed by atoms with van der Waals surface area (Å²) < 4.78 is 0. The molecule has 0 amide bonds. The summed E-state index contributed by atoms with van der Waals surface area (Å²) in [6, 6.07) is 12.1. The normalized spacial score (nSPS) is 11.2. The molecule has 0 saturated carbocycles. The van der Waals surface area contributed by atoms with Crippen LogP contribution in [0, 0.1) is 0 Å². The van der Waals surface area contributed by atoms with Gasteiger partial charge in [0.2, 0.25) is 0 Å². The lowest BCUT2D eigenvalue weighted by molar-refractivity contribution is 0.913. The van der Waals surface area contributed by atoms with E-state index >= 15 is 0 Å². The number of fused-ring (bicyclic) bond motifs is 2. The quantitative estimate of drug-likeness (QED) is 0.250. The van der Waals surface area contributed by atoms with Gasteiger partial charge in [0, 0.05) is 57.9 Å². The van der Waals surface area contributed by atoms with Crippen LogP contribution in [0.15, 0.2) is 85.9 Å². The topological polar surface area (TPSA) is 108 Å². The number of aromatic nitrogens is 7. The maximum absolute atomic E-state index is 4.60. The van der Waals surface area contributed by atoms with E-state index < -0.39 is 0 Å². The number of rotatable bonds is 7. The minimum atomic E-state index is 0.647. The molecular weight excluding hydrogens is 448 g/mol. The first-order valence-corrected chi connectivity index (χ1v) is 11.8. The Hall–Kier alpha value is -4.85. The number of nitrogens with one attached hydrogen (secondary N) is 3. The second-order valence-corrected chi connectivity index (χ2v) is 8.68. The molecule has 0 bridgehead atoms. The summed E-state index contributed by atoms with van der Waals surface area (Å²) in [5.74, 6) is 0. The van der Waals surface area contributed by atoms with Crippen molar-refractivity contribution < 1.29 is 0 Å². The molecule has 6 rings (SSSR count). The molecule has 6 aromatic heterocycles. The van der Waals surface area contributed by atoms with Crippen LogP contribution in [0.5, 0.6) is 0 Å². The Kier molecular flexibility index (Phi) is 5.46. The van der Waals surface area contributed by atoms with Crippen molar-refractivity contribution in [3.05, 3.63) is 85.9 Å². The Morgan fingerprint density at radius 1 is 0.944 bits per heavy atom. The van der Waals surface area contributed by atoms with Gasteiger partial charge in [-0.25, -0.2) is 4.98 Å². The molecule has 0 aliphatic rings. The van der Waals surface area contributed by atoms with E-state index in [1.807, 2.05) is 43.0 Å². The van der Waals surface area contributed by atoms with E-state index in [0.717, 1.165) is 74.3 Å². The number of aromatic amines is 2. The third-order valence-corrected chi connectivity index (χ3v) is 6.11. The molecule has 6 heterocycles. The first-order chi connectivity index (χ1) is 17.7. The lowest BCUT2D eigenvalue weighted by Crippen LogP contribution is -1.98. The van der Waals surface area contributed by atoms with Gasteiger partial charge in [0.05, 0.1) is 40.7 Å². The Morgan fingerprint density at radius 2 is 1.83 bits per heavy atom. The van der Waals surface area contributed by atoms with Crippen molar-refractivity contribution in [2.24, 2.45) is 0 Å². The standard InChI is InChI=1S/C28H24N8/c1-3-6-17(2)33-20-9-18(12-29-14-20)19-10-22-27(35-36-28(22)32-13-19)25-11-21-23(15-30-16-26(21)34-25)24-7-4-5-8-31-24/h4-5,7-16,33-34H,2-3,6H2,1H3,(H,32,35,36). The van der Waals surface area contributed by atoms with Crippen molar-refractivity contribution in [2.45, 2.75) is 19.8 Å². The molecule has 0 spiro atoms. The first-order valence-electron chi connectivity index (χ1n) is 11.8. The minimum Gasteiger partial charge on any atom is -0.358 e. The molecule has 8 heteroatoms. The summed E-state index contributed by atoms with van der Waals surface area (Å²) in [6.07, 6.45) is 12.9. The van der Waals surface area contributed by atoms with E-state index in [2.05, 4.69) is 72.1 Å². The van der Waals surface area contributed by atoms with Crippen LogP contribution in [0.3, 0.4) is 0 Å². The predicted octanol–water partition coefficient (Wildman–Crippen LogP) is 6.35. The molecule has 0 unspecified atom stereocenters. The largest absolute Gasteiger partial charge is 0.358 e. The van der Waals surface area contributed by atoms with Crippen LogP contribution in [0.2, 0.25) is 0 Å². The van der Waals surface area contributed by atoms with Gasteiger partial charge in [-0.15, -0.1) is 0 Å². The summed E-state index contributed by atoms with van der Waals surface area (Å²) in [4.78, 5) is 21.4. The van der Waals surface area contributed by atoms with Crippen molar-refractivity contribution in [1.82, 2.24) is 35.1 Å². The number of allylic oxidation sites excluding steroid dienone is 1. The molecule has 0 saturated heterocycles. The fourth-order valence-electron chi connectivity index (χ4n) is 4.41. The molecule has 176 valence electrons. The van der Waals surface area contributed by atoms with Gasteiger partial charge in [0.1, 0.15) is 0 Å². The highest BCUT2D eigenvalue weighted by molar-refractivity contribution is 6.00. The highest BCUT2D eigenvalue weighted by atomic mass is 15.2. The van der Waals surface area contributed by atoms with Crippen molar-refractivity contribution in [2.75, 3.05) is 5.32 Å². The van der Waals surface area contributed by atoms with E-state index in [1.165, 1.54) is 0 Å². The molecule has 0 fully saturated rings. The Morgan fingerprint density at radius 3 is 2.69 bits per heavy atom. The van der Waals surface area contributed by atoms with Crippen molar-refractivity contribution in [3.8, 4) is 33.8 Å². The summed E-state index contributed by atoms with van der Waals surface area (Å²) in [5.41, 5.74) is 8.98. The highest BCUT2D eigenvalue weighted by Crippen LogP contribution is 2.34. The van der Waals surface area contributed by atoms with Crippen molar-refractivity contribution >= 4 is 27.6 Å². The SMILES string of the molecule is C=C(CCC)Nc1cncc(-c2cnc3n[nH]c(-c4cc5c(-c6ccccn6)cncc5[nH]4)c3c2)c1. The smallest absolute Gasteiger partial charge is 0.181 e. The molecular formula is C28H24N8. The van der Waals surface area contributed by atoms with E-state index in [0.29, 0.717) is 5.65 Å². The van der Waals surface area contributed by atoms with Crippen LogP contribution in [0.1, 0.15) is 19.8 Å². The van der Waals surface area contributed by atoms with Gasteiger partial charge in [0.15, 0.2) is 5.65 Å². The molecule has 8 nitrogen and oxygen atoms in total. The van der Waals surface area contributed by atoms with Gasteiger partial charge in [-0.2, -0.15) is 5.10 Å². The van der Waals surface area contributed by atoms with Crippen LogP contribution >= 0.6 is 0 Å². The molecule has 0 radical (unpaired) electrons. The maximum atomic E-state index is 4.60. The highest BCUT2D eigenvalue weighted by Gasteiger charge is 2.15. The third kappa shape index (κ3) is 3.98. The Balaban J connectivity index is 1.40. The summed E-state index contributed by atoms with van der Waals surface area (Å²) in [7, 11) is 0.